The smallest absolute Gasteiger partial charge is 0.305 e. The lowest BCUT2D eigenvalue weighted by Crippen LogP contribution is -2.47. The van der Waals surface area contributed by atoms with E-state index < -0.39 is 36.4 Å². The highest BCUT2D eigenvalue weighted by atomic mass is 16.7. The minimum absolute atomic E-state index is 0.582. The Hall–Kier alpha value is -2.05. The van der Waals surface area contributed by atoms with E-state index in [1.54, 1.807) is 0 Å². The van der Waals surface area contributed by atoms with Crippen LogP contribution in [0.2, 0.25) is 0 Å². The van der Waals surface area contributed by atoms with Gasteiger partial charge in [0.05, 0.1) is 6.26 Å². The summed E-state index contributed by atoms with van der Waals surface area (Å²) in [6.07, 6.45) is 0.414. The van der Waals surface area contributed by atoms with Gasteiger partial charge in [-0.3, -0.25) is 14.4 Å². The lowest BCUT2D eigenvalue weighted by atomic mass is 10.2. The second kappa shape index (κ2) is 6.04. The van der Waals surface area contributed by atoms with E-state index in [1.165, 1.54) is 20.8 Å². The van der Waals surface area contributed by atoms with Crippen LogP contribution in [0.25, 0.3) is 0 Å². The molecule has 7 heteroatoms. The topological polar surface area (TPSA) is 88.1 Å². The van der Waals surface area contributed by atoms with Gasteiger partial charge < -0.3 is 18.9 Å². The van der Waals surface area contributed by atoms with E-state index in [9.17, 15) is 14.4 Å². The zero-order valence-corrected chi connectivity index (χ0v) is 10.2. The van der Waals surface area contributed by atoms with Crippen LogP contribution in [0.15, 0.2) is 6.26 Å². The Morgan fingerprint density at radius 2 is 1.56 bits per heavy atom. The minimum Gasteiger partial charge on any atom is -0.458 e. The summed E-state index contributed by atoms with van der Waals surface area (Å²) in [5.74, 6) is -1.82. The lowest BCUT2D eigenvalue weighted by molar-refractivity contribution is -0.218. The maximum absolute atomic E-state index is 11.0. The Kier molecular flexibility index (Phi) is 4.70. The zero-order valence-electron chi connectivity index (χ0n) is 10.2. The fourth-order valence-electron chi connectivity index (χ4n) is 1.34. The molecule has 0 saturated carbocycles. The largest absolute Gasteiger partial charge is 0.458 e. The van der Waals surface area contributed by atoms with Crippen LogP contribution in [0.1, 0.15) is 20.8 Å². The van der Waals surface area contributed by atoms with Gasteiger partial charge in [-0.2, -0.15) is 0 Å². The molecule has 0 unspecified atom stereocenters. The number of esters is 3. The van der Waals surface area contributed by atoms with Crippen LogP contribution in [0.5, 0.6) is 0 Å². The third-order valence-electron chi connectivity index (χ3n) is 1.88. The monoisotopic (exact) mass is 258 g/mol. The molecule has 18 heavy (non-hydrogen) atoms. The van der Waals surface area contributed by atoms with Crippen LogP contribution in [-0.2, 0) is 33.3 Å². The van der Waals surface area contributed by atoms with E-state index in [0.717, 1.165) is 6.26 Å². The van der Waals surface area contributed by atoms with Crippen LogP contribution in [-0.4, -0.2) is 36.4 Å². The SMILES string of the molecule is CC(=O)O[C@H]1OC=[13C][C@@H](OC(C)=O)[C@@H]1OC(C)=O. The standard InChI is InChI=1S/C11H13O7/c1-6(12)16-9-4-5-15-11(18-8(3)14)10(9)17-7(2)13/h5,9-11H,1-3H3/t9-,10+,11-/m1/s1/i4+1. The van der Waals surface area contributed by atoms with Gasteiger partial charge in [0, 0.05) is 26.8 Å². The molecule has 0 fully saturated rings. The molecule has 1 aliphatic rings. The molecule has 3 atom stereocenters. The molecule has 1 aliphatic heterocycles. The number of carbonyl (C=O) groups is 3. The molecular weight excluding hydrogens is 245 g/mol. The normalized spacial score (nSPS) is 25.8. The second-order valence-electron chi connectivity index (χ2n) is 3.50. The van der Waals surface area contributed by atoms with Crippen LogP contribution in [0.3, 0.4) is 0 Å². The predicted octanol–water partition coefficient (Wildman–Crippen LogP) is 0.0861. The van der Waals surface area contributed by atoms with Crippen molar-refractivity contribution < 1.29 is 33.3 Å². The Morgan fingerprint density at radius 3 is 2.06 bits per heavy atom. The highest BCUT2D eigenvalue weighted by Crippen LogP contribution is 2.19. The quantitative estimate of drug-likeness (QED) is 0.402. The summed E-state index contributed by atoms with van der Waals surface area (Å²) in [5, 5.41) is 0. The molecule has 0 N–H and O–H groups in total. The molecule has 99 valence electrons. The van der Waals surface area contributed by atoms with E-state index in [0.29, 0.717) is 0 Å². The first-order valence-corrected chi connectivity index (χ1v) is 5.15. The average molecular weight is 258 g/mol. The van der Waals surface area contributed by atoms with Crippen LogP contribution < -0.4 is 0 Å². The number of hydrogen-bond acceptors (Lipinski definition) is 7. The second-order valence-corrected chi connectivity index (χ2v) is 3.50. The molecule has 0 aromatic carbocycles. The van der Waals surface area contributed by atoms with Gasteiger partial charge in [-0.05, 0) is 0 Å². The average Bonchev–Trinajstić information content (AvgIpc) is 2.20. The molecule has 0 amide bonds. The molecule has 1 heterocycles. The first-order chi connectivity index (χ1) is 8.40. The fraction of sp³-hybridized carbons (Fsp3) is 0.545. The number of hydrogen-bond donors (Lipinski definition) is 0. The minimum atomic E-state index is -1.17. The maximum Gasteiger partial charge on any atom is 0.305 e. The summed E-state index contributed by atoms with van der Waals surface area (Å²) in [6.45, 7) is 3.55. The maximum atomic E-state index is 11.0. The van der Waals surface area contributed by atoms with Crippen molar-refractivity contribution in [3.8, 4) is 0 Å². The third kappa shape index (κ3) is 4.08. The molecule has 0 aromatic rings. The highest BCUT2D eigenvalue weighted by Gasteiger charge is 2.39. The van der Waals surface area contributed by atoms with Crippen LogP contribution >= 0.6 is 0 Å². The van der Waals surface area contributed by atoms with E-state index in [-0.39, 0.29) is 0 Å². The van der Waals surface area contributed by atoms with E-state index >= 15 is 0 Å². The van der Waals surface area contributed by atoms with Crippen molar-refractivity contribution in [2.75, 3.05) is 0 Å². The number of ether oxygens (including phenoxy) is 4. The summed E-state index contributed by atoms with van der Waals surface area (Å²) in [7, 11) is 0. The van der Waals surface area contributed by atoms with Crippen molar-refractivity contribution in [2.45, 2.75) is 39.3 Å². The van der Waals surface area contributed by atoms with Crippen LogP contribution in [0.4, 0.5) is 0 Å². The Bertz CT molecular complexity index is 374. The van der Waals surface area contributed by atoms with Crippen LogP contribution in [0, 0.1) is 6.08 Å². The van der Waals surface area contributed by atoms with E-state index in [1.807, 2.05) is 0 Å². The van der Waals surface area contributed by atoms with Crippen molar-refractivity contribution in [1.82, 2.24) is 0 Å². The van der Waals surface area contributed by atoms with Gasteiger partial charge >= 0.3 is 17.9 Å². The van der Waals surface area contributed by atoms with Gasteiger partial charge in [-0.15, -0.1) is 0 Å². The zero-order chi connectivity index (χ0) is 13.7. The van der Waals surface area contributed by atoms with E-state index in [2.05, 4.69) is 6.08 Å². The summed E-state index contributed by atoms with van der Waals surface area (Å²) >= 11 is 0. The van der Waals surface area contributed by atoms with Crippen molar-refractivity contribution in [1.29, 1.82) is 0 Å². The molecule has 1 rings (SSSR count). The van der Waals surface area contributed by atoms with Gasteiger partial charge in [-0.25, -0.2) is 0 Å². The molecular formula is C11H13O7. The predicted molar refractivity (Wildman–Crippen MR) is 55.6 cm³/mol. The first kappa shape index (κ1) is 14.0. The van der Waals surface area contributed by atoms with Gasteiger partial charge in [0.25, 0.3) is 6.29 Å². The summed E-state index contributed by atoms with van der Waals surface area (Å²) in [6, 6.07) is 0. The lowest BCUT2D eigenvalue weighted by Gasteiger charge is -2.31. The highest BCUT2D eigenvalue weighted by molar-refractivity contribution is 5.68. The number of carbonyl (C=O) groups excluding carboxylic acids is 3. The molecule has 1 radical (unpaired) electrons. The number of rotatable bonds is 3. The summed E-state index contributed by atoms with van der Waals surface area (Å²) < 4.78 is 19.6. The molecule has 7 nitrogen and oxygen atoms in total. The first-order valence-electron chi connectivity index (χ1n) is 5.15. The van der Waals surface area contributed by atoms with Crippen molar-refractivity contribution >= 4 is 17.9 Å². The van der Waals surface area contributed by atoms with Crippen molar-refractivity contribution in [3.05, 3.63) is 12.3 Å². The molecule has 0 spiro atoms. The fourth-order valence-corrected chi connectivity index (χ4v) is 1.34. The summed E-state index contributed by atoms with van der Waals surface area (Å²) in [5.41, 5.74) is 0. The van der Waals surface area contributed by atoms with E-state index in [4.69, 9.17) is 18.9 Å². The Morgan fingerprint density at radius 1 is 1.00 bits per heavy atom. The third-order valence-corrected chi connectivity index (χ3v) is 1.88. The van der Waals surface area contributed by atoms with Gasteiger partial charge in [-0.1, -0.05) is 0 Å². The van der Waals surface area contributed by atoms with Crippen molar-refractivity contribution in [2.24, 2.45) is 0 Å². The summed E-state index contributed by atoms with van der Waals surface area (Å²) in [4.78, 5) is 32.8. The Labute approximate surface area is 104 Å². The van der Waals surface area contributed by atoms with Crippen molar-refractivity contribution in [3.63, 3.8) is 0 Å². The molecule has 0 saturated heterocycles. The van der Waals surface area contributed by atoms with Gasteiger partial charge in [0.15, 0.2) is 6.10 Å². The molecule has 0 aromatic heterocycles. The van der Waals surface area contributed by atoms with Gasteiger partial charge in [0.2, 0.25) is 6.10 Å². The van der Waals surface area contributed by atoms with Gasteiger partial charge in [0.1, 0.15) is 0 Å². The molecule has 0 aliphatic carbocycles. The molecule has 0 bridgehead atoms. The Balaban J connectivity index is 2.84.